The van der Waals surface area contributed by atoms with Crippen LogP contribution in [0.1, 0.15) is 44.1 Å². The van der Waals surface area contributed by atoms with Crippen molar-refractivity contribution in [1.82, 2.24) is 9.80 Å². The molecule has 2 heterocycles. The Kier molecular flexibility index (Phi) is 4.03. The molecule has 0 aromatic heterocycles. The van der Waals surface area contributed by atoms with Crippen LogP contribution in [0.5, 0.6) is 0 Å². The molecule has 1 aromatic carbocycles. The third-order valence-electron chi connectivity index (χ3n) is 5.55. The molecular formula is C18H26N2O. The number of hydrogen-bond acceptors (Lipinski definition) is 2. The molecule has 2 aliphatic rings. The van der Waals surface area contributed by atoms with Crippen LogP contribution in [0.4, 0.5) is 0 Å². The molecule has 3 nitrogen and oxygen atoms in total. The van der Waals surface area contributed by atoms with Gasteiger partial charge in [-0.2, -0.15) is 0 Å². The Hall–Kier alpha value is -1.35. The molecule has 1 atom stereocenters. The number of likely N-dealkylation sites (tertiary alicyclic amines) is 2. The van der Waals surface area contributed by atoms with Gasteiger partial charge in [0.2, 0.25) is 5.91 Å². The number of hydrogen-bond donors (Lipinski definition) is 0. The summed E-state index contributed by atoms with van der Waals surface area (Å²) >= 11 is 0. The van der Waals surface area contributed by atoms with E-state index in [1.807, 2.05) is 6.92 Å². The van der Waals surface area contributed by atoms with Crippen molar-refractivity contribution in [3.8, 4) is 0 Å². The summed E-state index contributed by atoms with van der Waals surface area (Å²) in [7, 11) is 2.26. The lowest BCUT2D eigenvalue weighted by Gasteiger charge is -2.43. The van der Waals surface area contributed by atoms with E-state index in [1.165, 1.54) is 12.0 Å². The van der Waals surface area contributed by atoms with E-state index in [0.29, 0.717) is 23.8 Å². The Labute approximate surface area is 127 Å². The molecule has 0 saturated carbocycles. The van der Waals surface area contributed by atoms with Crippen LogP contribution in [0.3, 0.4) is 0 Å². The molecule has 2 aliphatic heterocycles. The highest BCUT2D eigenvalue weighted by atomic mass is 16.2. The average molecular weight is 286 g/mol. The summed E-state index contributed by atoms with van der Waals surface area (Å²) in [5.41, 5.74) is 1.78. The van der Waals surface area contributed by atoms with Crippen molar-refractivity contribution >= 4 is 5.91 Å². The van der Waals surface area contributed by atoms with Crippen LogP contribution < -0.4 is 0 Å². The van der Waals surface area contributed by atoms with Gasteiger partial charge in [-0.25, -0.2) is 0 Å². The van der Waals surface area contributed by atoms with Crippen LogP contribution in [0, 0.1) is 0 Å². The van der Waals surface area contributed by atoms with Gasteiger partial charge >= 0.3 is 0 Å². The Morgan fingerprint density at radius 2 is 1.90 bits per heavy atom. The standard InChI is InChI=1S/C18H26N2O/c1-3-17(21)20-11-9-18(10-12-20)13-16(14-19(18)2)15-7-5-4-6-8-15/h4-8,16H,3,9-14H2,1-2H3/t16-/m0/s1. The van der Waals surface area contributed by atoms with Gasteiger partial charge in [-0.3, -0.25) is 9.69 Å². The van der Waals surface area contributed by atoms with E-state index >= 15 is 0 Å². The number of amides is 1. The van der Waals surface area contributed by atoms with Crippen LogP contribution in [0.2, 0.25) is 0 Å². The van der Waals surface area contributed by atoms with Crippen LogP contribution in [0.15, 0.2) is 30.3 Å². The zero-order valence-corrected chi connectivity index (χ0v) is 13.2. The third kappa shape index (κ3) is 2.71. The van der Waals surface area contributed by atoms with Gasteiger partial charge in [-0.05, 0) is 37.8 Å². The number of rotatable bonds is 2. The van der Waals surface area contributed by atoms with Crippen molar-refractivity contribution in [3.63, 3.8) is 0 Å². The highest BCUT2D eigenvalue weighted by Crippen LogP contribution is 2.43. The van der Waals surface area contributed by atoms with Crippen LogP contribution >= 0.6 is 0 Å². The summed E-state index contributed by atoms with van der Waals surface area (Å²) in [5, 5.41) is 0. The van der Waals surface area contributed by atoms with Crippen molar-refractivity contribution in [2.24, 2.45) is 0 Å². The van der Waals surface area contributed by atoms with E-state index in [0.717, 1.165) is 32.5 Å². The SMILES string of the molecule is CCC(=O)N1CCC2(CC1)C[C@H](c1ccccc1)CN2C. The highest BCUT2D eigenvalue weighted by molar-refractivity contribution is 5.75. The molecule has 2 saturated heterocycles. The first-order valence-electron chi connectivity index (χ1n) is 8.18. The second-order valence-corrected chi connectivity index (χ2v) is 6.65. The summed E-state index contributed by atoms with van der Waals surface area (Å²) < 4.78 is 0. The minimum atomic E-state index is 0.310. The van der Waals surface area contributed by atoms with Crippen LogP contribution in [0.25, 0.3) is 0 Å². The predicted molar refractivity (Wildman–Crippen MR) is 85.3 cm³/mol. The number of benzene rings is 1. The van der Waals surface area contributed by atoms with Gasteiger partial charge in [0.25, 0.3) is 0 Å². The molecule has 1 spiro atoms. The molecule has 0 aliphatic carbocycles. The second kappa shape index (κ2) is 5.80. The average Bonchev–Trinajstić information content (AvgIpc) is 2.85. The van der Waals surface area contributed by atoms with E-state index in [1.54, 1.807) is 0 Å². The van der Waals surface area contributed by atoms with E-state index in [9.17, 15) is 4.79 Å². The predicted octanol–water partition coefficient (Wildman–Crippen LogP) is 2.88. The zero-order chi connectivity index (χ0) is 14.9. The monoisotopic (exact) mass is 286 g/mol. The van der Waals surface area contributed by atoms with E-state index in [2.05, 4.69) is 47.2 Å². The third-order valence-corrected chi connectivity index (χ3v) is 5.55. The van der Waals surface area contributed by atoms with Gasteiger partial charge in [-0.15, -0.1) is 0 Å². The van der Waals surface area contributed by atoms with E-state index in [4.69, 9.17) is 0 Å². The zero-order valence-electron chi connectivity index (χ0n) is 13.2. The first-order chi connectivity index (χ1) is 10.1. The Morgan fingerprint density at radius 1 is 1.24 bits per heavy atom. The number of carbonyl (C=O) groups is 1. The summed E-state index contributed by atoms with van der Waals surface area (Å²) in [6, 6.07) is 10.9. The molecule has 0 unspecified atom stereocenters. The van der Waals surface area contributed by atoms with Crippen molar-refractivity contribution in [2.45, 2.75) is 44.1 Å². The molecule has 2 fully saturated rings. The van der Waals surface area contributed by atoms with E-state index in [-0.39, 0.29) is 0 Å². The number of carbonyl (C=O) groups excluding carboxylic acids is 1. The van der Waals surface area contributed by atoms with Gasteiger partial charge in [0, 0.05) is 31.6 Å². The summed E-state index contributed by atoms with van der Waals surface area (Å²) in [6.45, 7) is 4.96. The maximum absolute atomic E-state index is 11.8. The fraction of sp³-hybridized carbons (Fsp3) is 0.611. The maximum atomic E-state index is 11.8. The summed E-state index contributed by atoms with van der Waals surface area (Å²) in [6.07, 6.45) is 4.12. The largest absolute Gasteiger partial charge is 0.343 e. The normalized spacial score (nSPS) is 25.4. The Morgan fingerprint density at radius 3 is 2.52 bits per heavy atom. The topological polar surface area (TPSA) is 23.6 Å². The van der Waals surface area contributed by atoms with Crippen molar-refractivity contribution in [2.75, 3.05) is 26.7 Å². The Bertz CT molecular complexity index is 491. The summed E-state index contributed by atoms with van der Waals surface area (Å²) in [5.74, 6) is 0.953. The van der Waals surface area contributed by atoms with Gasteiger partial charge in [-0.1, -0.05) is 37.3 Å². The number of likely N-dealkylation sites (N-methyl/N-ethyl adjacent to an activating group) is 1. The molecule has 21 heavy (non-hydrogen) atoms. The first-order valence-corrected chi connectivity index (χ1v) is 8.18. The van der Waals surface area contributed by atoms with Gasteiger partial charge in [0.1, 0.15) is 0 Å². The lowest BCUT2D eigenvalue weighted by atomic mass is 9.81. The fourth-order valence-electron chi connectivity index (χ4n) is 4.13. The van der Waals surface area contributed by atoms with Crippen molar-refractivity contribution in [1.29, 1.82) is 0 Å². The minimum Gasteiger partial charge on any atom is -0.343 e. The fourth-order valence-corrected chi connectivity index (χ4v) is 4.13. The lowest BCUT2D eigenvalue weighted by molar-refractivity contribution is -0.133. The molecule has 3 rings (SSSR count). The van der Waals surface area contributed by atoms with E-state index < -0.39 is 0 Å². The Balaban J connectivity index is 1.68. The molecule has 3 heteroatoms. The van der Waals surface area contributed by atoms with Gasteiger partial charge in [0.05, 0.1) is 0 Å². The van der Waals surface area contributed by atoms with Gasteiger partial charge < -0.3 is 4.90 Å². The van der Waals surface area contributed by atoms with Gasteiger partial charge in [0.15, 0.2) is 0 Å². The molecule has 0 bridgehead atoms. The second-order valence-electron chi connectivity index (χ2n) is 6.65. The quantitative estimate of drug-likeness (QED) is 0.834. The van der Waals surface area contributed by atoms with Crippen molar-refractivity contribution < 1.29 is 4.79 Å². The molecule has 114 valence electrons. The smallest absolute Gasteiger partial charge is 0.222 e. The maximum Gasteiger partial charge on any atom is 0.222 e. The molecule has 1 amide bonds. The molecular weight excluding hydrogens is 260 g/mol. The highest BCUT2D eigenvalue weighted by Gasteiger charge is 2.45. The number of piperidine rings is 1. The molecule has 0 N–H and O–H groups in total. The van der Waals surface area contributed by atoms with Crippen molar-refractivity contribution in [3.05, 3.63) is 35.9 Å². The first kappa shape index (κ1) is 14.6. The molecule has 0 radical (unpaired) electrons. The van der Waals surface area contributed by atoms with Crippen LogP contribution in [-0.2, 0) is 4.79 Å². The summed E-state index contributed by atoms with van der Waals surface area (Å²) in [4.78, 5) is 16.5. The lowest BCUT2D eigenvalue weighted by Crippen LogP contribution is -2.51. The van der Waals surface area contributed by atoms with Crippen LogP contribution in [-0.4, -0.2) is 47.9 Å². The minimum absolute atomic E-state index is 0.310. The molecule has 1 aromatic rings. The number of nitrogens with zero attached hydrogens (tertiary/aromatic N) is 2.